The van der Waals surface area contributed by atoms with Crippen molar-refractivity contribution in [2.24, 2.45) is 0 Å². The van der Waals surface area contributed by atoms with Crippen molar-refractivity contribution >= 4 is 32.9 Å². The SMILES string of the molecule is c1ccn2cc(CNc3ccc4ncsc4c3)nc2c1. The number of thiazole rings is 1. The first-order valence-electron chi connectivity index (χ1n) is 6.38. The van der Waals surface area contributed by atoms with Gasteiger partial charge in [0.2, 0.25) is 0 Å². The molecule has 0 aliphatic heterocycles. The van der Waals surface area contributed by atoms with Crippen LogP contribution < -0.4 is 5.32 Å². The maximum absolute atomic E-state index is 4.57. The highest BCUT2D eigenvalue weighted by atomic mass is 32.1. The highest BCUT2D eigenvalue weighted by molar-refractivity contribution is 7.16. The molecule has 4 rings (SSSR count). The standard InChI is InChI=1S/C15H12N4S/c1-2-6-19-9-12(18-15(19)3-1)8-16-11-4-5-13-14(7-11)20-10-17-13/h1-7,9-10,16H,8H2. The number of anilines is 1. The molecule has 4 aromatic rings. The molecule has 0 bridgehead atoms. The number of rotatable bonds is 3. The Bertz CT molecular complexity index is 842. The largest absolute Gasteiger partial charge is 0.379 e. The van der Waals surface area contributed by atoms with Crippen LogP contribution >= 0.6 is 11.3 Å². The molecule has 0 unspecified atom stereocenters. The van der Waals surface area contributed by atoms with Gasteiger partial charge in [0.15, 0.2) is 0 Å². The molecule has 0 saturated heterocycles. The van der Waals surface area contributed by atoms with Crippen LogP contribution in [0.5, 0.6) is 0 Å². The van der Waals surface area contributed by atoms with E-state index in [9.17, 15) is 0 Å². The fourth-order valence-electron chi connectivity index (χ4n) is 2.23. The summed E-state index contributed by atoms with van der Waals surface area (Å²) in [7, 11) is 0. The second kappa shape index (κ2) is 4.61. The van der Waals surface area contributed by atoms with Crippen LogP contribution in [0.1, 0.15) is 5.69 Å². The molecular formula is C15H12N4S. The Labute approximate surface area is 119 Å². The van der Waals surface area contributed by atoms with Crippen molar-refractivity contribution in [1.82, 2.24) is 14.4 Å². The van der Waals surface area contributed by atoms with Crippen LogP contribution in [0.15, 0.2) is 54.3 Å². The van der Waals surface area contributed by atoms with E-state index in [2.05, 4.69) is 27.4 Å². The maximum Gasteiger partial charge on any atom is 0.137 e. The molecule has 0 fully saturated rings. The molecule has 98 valence electrons. The first kappa shape index (κ1) is 11.4. The minimum atomic E-state index is 0.714. The number of hydrogen-bond acceptors (Lipinski definition) is 4. The van der Waals surface area contributed by atoms with Gasteiger partial charge in [-0.1, -0.05) is 6.07 Å². The summed E-state index contributed by atoms with van der Waals surface area (Å²) in [5.41, 5.74) is 6.02. The van der Waals surface area contributed by atoms with Crippen molar-refractivity contribution in [3.63, 3.8) is 0 Å². The van der Waals surface area contributed by atoms with Crippen molar-refractivity contribution in [2.45, 2.75) is 6.54 Å². The van der Waals surface area contributed by atoms with Crippen molar-refractivity contribution in [3.8, 4) is 0 Å². The molecule has 3 heterocycles. The Morgan fingerprint density at radius 2 is 2.20 bits per heavy atom. The summed E-state index contributed by atoms with van der Waals surface area (Å²) in [5.74, 6) is 0. The monoisotopic (exact) mass is 280 g/mol. The number of benzene rings is 1. The molecule has 0 aliphatic carbocycles. The number of nitrogens with one attached hydrogen (secondary N) is 1. The molecule has 0 saturated carbocycles. The molecule has 5 heteroatoms. The van der Waals surface area contributed by atoms with Crippen molar-refractivity contribution in [1.29, 1.82) is 0 Å². The van der Waals surface area contributed by atoms with Gasteiger partial charge in [0.25, 0.3) is 0 Å². The lowest BCUT2D eigenvalue weighted by Gasteiger charge is -2.03. The summed E-state index contributed by atoms with van der Waals surface area (Å²) in [6.07, 6.45) is 4.06. The van der Waals surface area contributed by atoms with E-state index in [1.165, 1.54) is 4.70 Å². The average Bonchev–Trinajstić information content (AvgIpc) is 3.10. The molecule has 0 amide bonds. The van der Waals surface area contributed by atoms with Gasteiger partial charge in [-0.05, 0) is 30.3 Å². The highest BCUT2D eigenvalue weighted by Crippen LogP contribution is 2.22. The molecule has 20 heavy (non-hydrogen) atoms. The number of imidazole rings is 1. The van der Waals surface area contributed by atoms with Crippen LogP contribution in [0.4, 0.5) is 5.69 Å². The molecule has 3 aromatic heterocycles. The van der Waals surface area contributed by atoms with Gasteiger partial charge in [-0.25, -0.2) is 9.97 Å². The van der Waals surface area contributed by atoms with Crippen LogP contribution in [-0.4, -0.2) is 14.4 Å². The number of pyridine rings is 1. The van der Waals surface area contributed by atoms with Gasteiger partial charge in [0, 0.05) is 18.1 Å². The van der Waals surface area contributed by atoms with Crippen LogP contribution in [0.2, 0.25) is 0 Å². The number of aromatic nitrogens is 3. The lowest BCUT2D eigenvalue weighted by molar-refractivity contribution is 1.08. The van der Waals surface area contributed by atoms with Gasteiger partial charge in [-0.3, -0.25) is 0 Å². The first-order valence-corrected chi connectivity index (χ1v) is 7.26. The van der Waals surface area contributed by atoms with E-state index < -0.39 is 0 Å². The smallest absolute Gasteiger partial charge is 0.137 e. The van der Waals surface area contributed by atoms with Gasteiger partial charge < -0.3 is 9.72 Å². The molecule has 0 spiro atoms. The lowest BCUT2D eigenvalue weighted by atomic mass is 10.3. The zero-order chi connectivity index (χ0) is 13.4. The Hall–Kier alpha value is -2.40. The van der Waals surface area contributed by atoms with Gasteiger partial charge in [0.05, 0.1) is 28.0 Å². The van der Waals surface area contributed by atoms with Gasteiger partial charge in [-0.15, -0.1) is 11.3 Å². The summed E-state index contributed by atoms with van der Waals surface area (Å²) in [4.78, 5) is 8.85. The molecule has 1 N–H and O–H groups in total. The normalized spacial score (nSPS) is 11.2. The zero-order valence-electron chi connectivity index (χ0n) is 10.7. The van der Waals surface area contributed by atoms with Crippen LogP contribution in [-0.2, 0) is 6.54 Å². The third-order valence-electron chi connectivity index (χ3n) is 3.22. The van der Waals surface area contributed by atoms with Gasteiger partial charge in [0.1, 0.15) is 5.65 Å². The van der Waals surface area contributed by atoms with Crippen LogP contribution in [0.25, 0.3) is 15.9 Å². The molecule has 0 aliphatic rings. The quantitative estimate of drug-likeness (QED) is 0.624. The zero-order valence-corrected chi connectivity index (χ0v) is 11.5. The van der Waals surface area contributed by atoms with E-state index >= 15 is 0 Å². The molecule has 0 radical (unpaired) electrons. The predicted molar refractivity (Wildman–Crippen MR) is 82.1 cm³/mol. The average molecular weight is 280 g/mol. The Morgan fingerprint density at radius 3 is 3.15 bits per heavy atom. The summed E-state index contributed by atoms with van der Waals surface area (Å²) >= 11 is 1.66. The lowest BCUT2D eigenvalue weighted by Crippen LogP contribution is -1.99. The summed E-state index contributed by atoms with van der Waals surface area (Å²) in [5, 5.41) is 3.41. The topological polar surface area (TPSA) is 42.2 Å². The minimum absolute atomic E-state index is 0.714. The Morgan fingerprint density at radius 1 is 1.20 bits per heavy atom. The number of hydrogen-bond donors (Lipinski definition) is 1. The minimum Gasteiger partial charge on any atom is -0.379 e. The number of fused-ring (bicyclic) bond motifs is 2. The van der Waals surface area contributed by atoms with E-state index in [0.717, 1.165) is 22.5 Å². The summed E-state index contributed by atoms with van der Waals surface area (Å²) < 4.78 is 3.23. The van der Waals surface area contributed by atoms with E-state index in [1.54, 1.807) is 11.3 Å². The van der Waals surface area contributed by atoms with Crippen molar-refractivity contribution in [2.75, 3.05) is 5.32 Å². The van der Waals surface area contributed by atoms with Crippen molar-refractivity contribution in [3.05, 3.63) is 60.0 Å². The van der Waals surface area contributed by atoms with E-state index in [0.29, 0.717) is 6.54 Å². The van der Waals surface area contributed by atoms with E-state index in [-0.39, 0.29) is 0 Å². The van der Waals surface area contributed by atoms with Gasteiger partial charge >= 0.3 is 0 Å². The molecule has 4 nitrogen and oxygen atoms in total. The van der Waals surface area contributed by atoms with Crippen LogP contribution in [0.3, 0.4) is 0 Å². The molecule has 0 atom stereocenters. The van der Waals surface area contributed by atoms with Gasteiger partial charge in [-0.2, -0.15) is 0 Å². The Kier molecular flexibility index (Phi) is 2.63. The third-order valence-corrected chi connectivity index (χ3v) is 4.01. The first-order chi connectivity index (χ1) is 9.88. The maximum atomic E-state index is 4.57. The van der Waals surface area contributed by atoms with E-state index in [4.69, 9.17) is 0 Å². The molecule has 1 aromatic carbocycles. The summed E-state index contributed by atoms with van der Waals surface area (Å²) in [6.45, 7) is 0.714. The molecular weight excluding hydrogens is 268 g/mol. The fraction of sp³-hybridized carbons (Fsp3) is 0.0667. The van der Waals surface area contributed by atoms with E-state index in [1.807, 2.05) is 46.6 Å². The third kappa shape index (κ3) is 2.02. The number of nitrogens with zero attached hydrogens (tertiary/aromatic N) is 3. The summed E-state index contributed by atoms with van der Waals surface area (Å²) in [6, 6.07) is 12.2. The van der Waals surface area contributed by atoms with Crippen molar-refractivity contribution < 1.29 is 0 Å². The Balaban J connectivity index is 1.56. The predicted octanol–water partition coefficient (Wildman–Crippen LogP) is 3.56. The highest BCUT2D eigenvalue weighted by Gasteiger charge is 2.02. The second-order valence-electron chi connectivity index (χ2n) is 4.59. The van der Waals surface area contributed by atoms with Crippen LogP contribution in [0, 0.1) is 0 Å². The second-order valence-corrected chi connectivity index (χ2v) is 5.47. The fourth-order valence-corrected chi connectivity index (χ4v) is 2.95.